The molecule has 0 saturated heterocycles. The van der Waals surface area contributed by atoms with E-state index in [0.717, 1.165) is 4.68 Å². The Balaban J connectivity index is 1.96. The van der Waals surface area contributed by atoms with Crippen molar-refractivity contribution in [1.82, 2.24) is 14.8 Å². The lowest BCUT2D eigenvalue weighted by molar-refractivity contribution is -0.136. The van der Waals surface area contributed by atoms with Crippen LogP contribution in [-0.4, -0.2) is 31.1 Å². The predicted octanol–water partition coefficient (Wildman–Crippen LogP) is 4.73. The number of aromatic nitrogens is 3. The highest BCUT2D eigenvalue weighted by Crippen LogP contribution is 2.34. The summed E-state index contributed by atoms with van der Waals surface area (Å²) >= 11 is 1.52. The number of hydrogen-bond donors (Lipinski definition) is 1. The van der Waals surface area contributed by atoms with E-state index in [0.29, 0.717) is 21.7 Å². The van der Waals surface area contributed by atoms with Gasteiger partial charge < -0.3 is 5.11 Å². The molecule has 0 unspecified atom stereocenters. The predicted molar refractivity (Wildman–Crippen MR) is 104 cm³/mol. The van der Waals surface area contributed by atoms with Crippen molar-refractivity contribution < 1.29 is 18.7 Å². The molecule has 1 N–H and O–H groups in total. The number of rotatable bonds is 7. The van der Waals surface area contributed by atoms with Gasteiger partial charge in [0.25, 0.3) is 0 Å². The fraction of sp³-hybridized carbons (Fsp3) is 0.250. The number of pyridine rings is 1. The zero-order chi connectivity index (χ0) is 20.3. The van der Waals surface area contributed by atoms with Crippen molar-refractivity contribution in [3.05, 3.63) is 60.1 Å². The summed E-state index contributed by atoms with van der Waals surface area (Å²) < 4.78 is 30.7. The van der Waals surface area contributed by atoms with Crippen LogP contribution in [0.15, 0.2) is 47.9 Å². The first-order chi connectivity index (χ1) is 13.3. The first-order valence-corrected chi connectivity index (χ1v) is 9.60. The van der Waals surface area contributed by atoms with Crippen LogP contribution in [0.3, 0.4) is 0 Å². The third kappa shape index (κ3) is 4.56. The molecule has 0 atom stereocenters. The molecule has 2 heterocycles. The topological polar surface area (TPSA) is 68.0 Å². The molecule has 8 heteroatoms. The third-order valence-corrected chi connectivity index (χ3v) is 4.96. The molecule has 1 aromatic carbocycles. The Bertz CT molecular complexity index is 982. The van der Waals surface area contributed by atoms with Crippen molar-refractivity contribution in [2.75, 3.05) is 0 Å². The van der Waals surface area contributed by atoms with E-state index in [9.17, 15) is 13.6 Å². The van der Waals surface area contributed by atoms with Crippen LogP contribution >= 0.6 is 11.8 Å². The van der Waals surface area contributed by atoms with E-state index in [4.69, 9.17) is 5.11 Å². The van der Waals surface area contributed by atoms with Gasteiger partial charge in [-0.1, -0.05) is 19.9 Å². The van der Waals surface area contributed by atoms with Gasteiger partial charge in [0.1, 0.15) is 10.7 Å². The zero-order valence-electron chi connectivity index (χ0n) is 15.4. The van der Waals surface area contributed by atoms with Gasteiger partial charge in [0, 0.05) is 29.6 Å². The molecule has 0 fully saturated rings. The summed E-state index contributed by atoms with van der Waals surface area (Å²) in [4.78, 5) is 15.0. The third-order valence-electron chi connectivity index (χ3n) is 3.94. The summed E-state index contributed by atoms with van der Waals surface area (Å²) in [7, 11) is 0. The summed E-state index contributed by atoms with van der Waals surface area (Å²) in [6, 6.07) is 6.03. The molecule has 146 valence electrons. The molecule has 5 nitrogen and oxygen atoms in total. The quantitative estimate of drug-likeness (QED) is 0.578. The Labute approximate surface area is 165 Å². The molecule has 0 saturated carbocycles. The molecular formula is C20H19F2N3O2S. The number of hydrogen-bond acceptors (Lipinski definition) is 4. The van der Waals surface area contributed by atoms with Gasteiger partial charge in [0.15, 0.2) is 11.6 Å². The van der Waals surface area contributed by atoms with Crippen LogP contribution in [0, 0.1) is 11.6 Å². The first kappa shape index (κ1) is 20.0. The molecule has 0 amide bonds. The molecule has 3 aromatic rings. The monoisotopic (exact) mass is 403 g/mol. The van der Waals surface area contributed by atoms with Crippen LogP contribution in [0.2, 0.25) is 0 Å². The maximum atomic E-state index is 14.8. The Kier molecular flexibility index (Phi) is 6.08. The number of carbonyl (C=O) groups is 1. The van der Waals surface area contributed by atoms with Gasteiger partial charge in [0.05, 0.1) is 6.20 Å². The maximum Gasteiger partial charge on any atom is 0.303 e. The molecule has 0 aliphatic carbocycles. The van der Waals surface area contributed by atoms with E-state index >= 15 is 0 Å². The van der Waals surface area contributed by atoms with Crippen molar-refractivity contribution in [3.63, 3.8) is 0 Å². The molecule has 0 aliphatic rings. The van der Waals surface area contributed by atoms with E-state index in [1.165, 1.54) is 36.3 Å². The molecule has 0 radical (unpaired) electrons. The van der Waals surface area contributed by atoms with E-state index in [1.807, 2.05) is 13.8 Å². The molecule has 2 aromatic heterocycles. The van der Waals surface area contributed by atoms with Crippen molar-refractivity contribution in [2.45, 2.75) is 37.0 Å². The van der Waals surface area contributed by atoms with E-state index in [-0.39, 0.29) is 23.8 Å². The fourth-order valence-electron chi connectivity index (χ4n) is 2.73. The minimum Gasteiger partial charge on any atom is -0.481 e. The van der Waals surface area contributed by atoms with E-state index in [1.54, 1.807) is 18.3 Å². The molecule has 3 rings (SSSR count). The standard InChI is InChI=1S/C20H19F2N3O2S/c1-12(2)28-20-15(4-3-7-23-20)14-8-16(21)19(17(22)9-14)25-11-13(10-24-25)5-6-18(26)27/h3-4,7-12H,5-6H2,1-2H3,(H,26,27). The Morgan fingerprint density at radius 2 is 2.00 bits per heavy atom. The molecular weight excluding hydrogens is 384 g/mol. The highest BCUT2D eigenvalue weighted by molar-refractivity contribution is 7.99. The van der Waals surface area contributed by atoms with Crippen molar-refractivity contribution in [3.8, 4) is 16.8 Å². The summed E-state index contributed by atoms with van der Waals surface area (Å²) in [5.41, 5.74) is 1.35. The number of benzene rings is 1. The van der Waals surface area contributed by atoms with Gasteiger partial charge in [-0.25, -0.2) is 18.4 Å². The van der Waals surface area contributed by atoms with Gasteiger partial charge >= 0.3 is 5.97 Å². The molecule has 0 aliphatic heterocycles. The minimum atomic E-state index is -0.944. The van der Waals surface area contributed by atoms with Gasteiger partial charge in [-0.3, -0.25) is 4.79 Å². The fourth-order valence-corrected chi connectivity index (χ4v) is 3.61. The number of halogens is 2. The largest absolute Gasteiger partial charge is 0.481 e. The highest BCUT2D eigenvalue weighted by atomic mass is 32.2. The van der Waals surface area contributed by atoms with Crippen LogP contribution in [0.4, 0.5) is 8.78 Å². The highest BCUT2D eigenvalue weighted by Gasteiger charge is 2.17. The lowest BCUT2D eigenvalue weighted by Crippen LogP contribution is -2.03. The lowest BCUT2D eigenvalue weighted by Gasteiger charge is -2.12. The molecule has 28 heavy (non-hydrogen) atoms. The van der Waals surface area contributed by atoms with Crippen molar-refractivity contribution in [1.29, 1.82) is 0 Å². The van der Waals surface area contributed by atoms with Crippen LogP contribution in [0.5, 0.6) is 0 Å². The van der Waals surface area contributed by atoms with Gasteiger partial charge in [-0.05, 0) is 35.7 Å². The second-order valence-electron chi connectivity index (χ2n) is 6.50. The van der Waals surface area contributed by atoms with E-state index < -0.39 is 17.6 Å². The van der Waals surface area contributed by atoms with Crippen LogP contribution in [-0.2, 0) is 11.2 Å². The number of carboxylic acid groups (broad SMARTS) is 1. The second kappa shape index (κ2) is 8.52. The zero-order valence-corrected chi connectivity index (χ0v) is 16.2. The number of aryl methyl sites for hydroxylation is 1. The van der Waals surface area contributed by atoms with Crippen LogP contribution < -0.4 is 0 Å². The second-order valence-corrected chi connectivity index (χ2v) is 8.06. The number of carboxylic acids is 1. The number of nitrogens with zero attached hydrogens (tertiary/aromatic N) is 3. The Morgan fingerprint density at radius 1 is 1.29 bits per heavy atom. The summed E-state index contributed by atoms with van der Waals surface area (Å²) in [5.74, 6) is -2.46. The van der Waals surface area contributed by atoms with Gasteiger partial charge in [0.2, 0.25) is 0 Å². The smallest absolute Gasteiger partial charge is 0.303 e. The summed E-state index contributed by atoms with van der Waals surface area (Å²) in [6.45, 7) is 4.04. The number of thioether (sulfide) groups is 1. The average molecular weight is 403 g/mol. The molecule has 0 bridgehead atoms. The SMILES string of the molecule is CC(C)Sc1ncccc1-c1cc(F)c(-n2cc(CCC(=O)O)cn2)c(F)c1. The summed E-state index contributed by atoms with van der Waals surface area (Å²) in [6.07, 6.45) is 4.66. The molecule has 0 spiro atoms. The van der Waals surface area contributed by atoms with Gasteiger partial charge in [-0.15, -0.1) is 11.8 Å². The Morgan fingerprint density at radius 3 is 2.64 bits per heavy atom. The lowest BCUT2D eigenvalue weighted by atomic mass is 10.1. The minimum absolute atomic E-state index is 0.0765. The average Bonchev–Trinajstić information content (AvgIpc) is 3.08. The van der Waals surface area contributed by atoms with Gasteiger partial charge in [-0.2, -0.15) is 5.10 Å². The maximum absolute atomic E-state index is 14.8. The van der Waals surface area contributed by atoms with E-state index in [2.05, 4.69) is 10.1 Å². The number of aliphatic carboxylic acids is 1. The normalized spacial score (nSPS) is 11.2. The van der Waals surface area contributed by atoms with Crippen molar-refractivity contribution >= 4 is 17.7 Å². The first-order valence-electron chi connectivity index (χ1n) is 8.72. The summed E-state index contributed by atoms with van der Waals surface area (Å²) in [5, 5.41) is 13.7. The van der Waals surface area contributed by atoms with Crippen molar-refractivity contribution in [2.24, 2.45) is 0 Å². The Hall–Kier alpha value is -2.74. The van der Waals surface area contributed by atoms with Crippen LogP contribution in [0.25, 0.3) is 16.8 Å². The van der Waals surface area contributed by atoms with Crippen LogP contribution in [0.1, 0.15) is 25.8 Å².